The van der Waals surface area contributed by atoms with E-state index in [1.807, 2.05) is 27.7 Å². The highest BCUT2D eigenvalue weighted by molar-refractivity contribution is 5.88. The Hall–Kier alpha value is -3.03. The van der Waals surface area contributed by atoms with Gasteiger partial charge in [-0.3, -0.25) is 4.79 Å². The predicted molar refractivity (Wildman–Crippen MR) is 159 cm³/mol. The second-order valence-corrected chi connectivity index (χ2v) is 15.3. The van der Waals surface area contributed by atoms with Crippen molar-refractivity contribution in [3.8, 4) is 0 Å². The summed E-state index contributed by atoms with van der Waals surface area (Å²) in [5.41, 5.74) is -9.26. The van der Waals surface area contributed by atoms with Gasteiger partial charge in [-0.2, -0.15) is 0 Å². The third-order valence-corrected chi connectivity index (χ3v) is 13.7. The molecule has 1 unspecified atom stereocenters. The molecule has 1 aromatic heterocycles. The lowest BCUT2D eigenvalue weighted by Gasteiger charge is -2.75. The SMILES string of the molecule is C/C=C(\C)C(=O)O[C@H]1[C@@]2(C)C[C@]3(O)[C@@]1(O)[C@H]1OC4(CC)O[C@@]5(CC[C@]6(C)C(=CC(=O)O[C@H]6c6ccoc6)[C@@]15O4)[C@]3(C)[C@H]2CC(=O)OC. The lowest BCUT2D eigenvalue weighted by atomic mass is 9.35. The molecule has 0 radical (unpaired) electrons. The van der Waals surface area contributed by atoms with Gasteiger partial charge in [0.2, 0.25) is 0 Å². The van der Waals surface area contributed by atoms with Crippen LogP contribution in [0.2, 0.25) is 0 Å². The van der Waals surface area contributed by atoms with Gasteiger partial charge in [0.15, 0.2) is 11.2 Å². The summed E-state index contributed by atoms with van der Waals surface area (Å²) < 4.78 is 43.6. The predicted octanol–water partition coefficient (Wildman–Crippen LogP) is 3.55. The summed E-state index contributed by atoms with van der Waals surface area (Å²) in [7, 11) is 1.30. The molecule has 3 aliphatic heterocycles. The number of carbonyl (C=O) groups is 3. The summed E-state index contributed by atoms with van der Waals surface area (Å²) in [5, 5.41) is 26.7. The second kappa shape index (κ2) is 8.95. The Morgan fingerprint density at radius 1 is 1.15 bits per heavy atom. The smallest absolute Gasteiger partial charge is 0.333 e. The van der Waals surface area contributed by atoms with Gasteiger partial charge >= 0.3 is 17.9 Å². The van der Waals surface area contributed by atoms with Crippen molar-refractivity contribution in [2.24, 2.45) is 22.2 Å². The normalized spacial score (nSPS) is 51.6. The van der Waals surface area contributed by atoms with Crippen LogP contribution < -0.4 is 0 Å². The highest BCUT2D eigenvalue weighted by Gasteiger charge is 3.02. The monoisotopic (exact) mass is 654 g/mol. The summed E-state index contributed by atoms with van der Waals surface area (Å²) in [6.07, 6.45) is 3.39. The van der Waals surface area contributed by atoms with Gasteiger partial charge in [-0.25, -0.2) is 9.59 Å². The van der Waals surface area contributed by atoms with E-state index < -0.39 is 86.8 Å². The van der Waals surface area contributed by atoms with Crippen molar-refractivity contribution in [2.75, 3.05) is 7.11 Å². The quantitative estimate of drug-likeness (QED) is 0.261. The summed E-state index contributed by atoms with van der Waals surface area (Å²) in [6, 6.07) is 1.75. The number of hydrogen-bond donors (Lipinski definition) is 2. The largest absolute Gasteiger partial charge is 0.472 e. The van der Waals surface area contributed by atoms with Crippen LogP contribution in [0, 0.1) is 22.2 Å². The number of fused-ring (bicyclic) bond motifs is 4. The fourth-order valence-electron chi connectivity index (χ4n) is 11.6. The summed E-state index contributed by atoms with van der Waals surface area (Å²) in [6.45, 7) is 10.8. The number of ether oxygens (including phenoxy) is 6. The minimum atomic E-state index is -2.26. The highest BCUT2D eigenvalue weighted by Crippen LogP contribution is 2.88. The van der Waals surface area contributed by atoms with Crippen LogP contribution >= 0.6 is 0 Å². The molecule has 0 amide bonds. The maximum atomic E-state index is 13.5. The number of methoxy groups -OCH3 is 1. The fraction of sp³-hybridized carbons (Fsp3) is 0.686. The highest BCUT2D eigenvalue weighted by atomic mass is 16.9. The number of hydrogen-bond acceptors (Lipinski definition) is 12. The van der Waals surface area contributed by atoms with E-state index in [-0.39, 0.29) is 19.3 Å². The van der Waals surface area contributed by atoms with Gasteiger partial charge in [0, 0.05) is 46.3 Å². The molecule has 6 fully saturated rings. The van der Waals surface area contributed by atoms with Crippen LogP contribution in [-0.4, -0.2) is 75.8 Å². The molecule has 4 heterocycles. The topological polar surface area (TPSA) is 160 Å². The van der Waals surface area contributed by atoms with E-state index >= 15 is 0 Å². The Bertz CT molecular complexity index is 1670. The molecule has 12 nitrogen and oxygen atoms in total. The molecule has 4 bridgehead atoms. The first-order valence-corrected chi connectivity index (χ1v) is 16.4. The first kappa shape index (κ1) is 31.3. The van der Waals surface area contributed by atoms with Crippen molar-refractivity contribution >= 4 is 17.9 Å². The molecule has 8 rings (SSSR count). The Balaban J connectivity index is 1.43. The third-order valence-electron chi connectivity index (χ3n) is 13.7. The van der Waals surface area contributed by atoms with Crippen molar-refractivity contribution in [2.45, 2.75) is 120 Å². The number of cyclic esters (lactones) is 1. The molecule has 0 aromatic carbocycles. The molecule has 1 spiro atoms. The summed E-state index contributed by atoms with van der Waals surface area (Å²) in [5.74, 6) is -4.20. The van der Waals surface area contributed by atoms with Gasteiger partial charge < -0.3 is 43.1 Å². The van der Waals surface area contributed by atoms with Crippen molar-refractivity contribution in [3.05, 3.63) is 47.5 Å². The minimum absolute atomic E-state index is 0.0162. The number of carbonyl (C=O) groups excluding carboxylic acids is 3. The van der Waals surface area contributed by atoms with Gasteiger partial charge in [-0.15, -0.1) is 0 Å². The molecular weight excluding hydrogens is 612 g/mol. The van der Waals surface area contributed by atoms with Crippen LogP contribution in [0.3, 0.4) is 0 Å². The van der Waals surface area contributed by atoms with E-state index in [0.717, 1.165) is 0 Å². The first-order valence-electron chi connectivity index (χ1n) is 16.4. The first-order chi connectivity index (χ1) is 22.0. The van der Waals surface area contributed by atoms with E-state index in [1.54, 1.807) is 26.0 Å². The minimum Gasteiger partial charge on any atom is -0.472 e. The molecule has 12 atom stereocenters. The van der Waals surface area contributed by atoms with Crippen molar-refractivity contribution in [1.82, 2.24) is 0 Å². The Labute approximate surface area is 272 Å². The number of rotatable bonds is 6. The second-order valence-electron chi connectivity index (χ2n) is 15.3. The Kier molecular flexibility index (Phi) is 5.95. The third kappa shape index (κ3) is 3.00. The molecule has 1 aromatic rings. The van der Waals surface area contributed by atoms with E-state index in [0.29, 0.717) is 29.6 Å². The zero-order chi connectivity index (χ0) is 33.8. The molecule has 2 N–H and O–H groups in total. The van der Waals surface area contributed by atoms with Gasteiger partial charge in [-0.1, -0.05) is 33.8 Å². The summed E-state index contributed by atoms with van der Waals surface area (Å²) >= 11 is 0. The average Bonchev–Trinajstić information content (AvgIpc) is 3.83. The van der Waals surface area contributed by atoms with Crippen LogP contribution in [0.4, 0.5) is 0 Å². The van der Waals surface area contributed by atoms with Crippen LogP contribution in [-0.2, 0) is 42.8 Å². The molecule has 2 saturated heterocycles. The number of esters is 3. The molecule has 7 aliphatic rings. The van der Waals surface area contributed by atoms with Gasteiger partial charge in [0.1, 0.15) is 29.5 Å². The Morgan fingerprint density at radius 3 is 2.53 bits per heavy atom. The molecule has 12 heteroatoms. The standard InChI is InChI=1S/C35H42O12/c1-8-18(3)25(38)44-26-29(5)17-31(39)30(6,20(29)14-22(36)41-7)32-12-11-28(4)21(15-23(37)43-24(28)19-10-13-42-16-19)35(32)27(34(26,31)40)45-33(9-2,46-32)47-35/h8,10,13,15-16,20,24,26-27,39-40H,9,11-12,14,17H2,1-7H3/b18-8+/t20-,24-,26-,27+,28+,29-,30+,31+,32-,33?,34-,35+/m0/s1. The number of allylic oxidation sites excluding steroid dienone is 1. The number of aliphatic hydroxyl groups is 2. The lowest BCUT2D eigenvalue weighted by Crippen LogP contribution is -2.92. The number of furan rings is 1. The van der Waals surface area contributed by atoms with Crippen LogP contribution in [0.15, 0.2) is 46.3 Å². The maximum absolute atomic E-state index is 13.5. The zero-order valence-corrected chi connectivity index (χ0v) is 27.7. The van der Waals surface area contributed by atoms with E-state index in [1.165, 1.54) is 25.7 Å². The van der Waals surface area contributed by atoms with Gasteiger partial charge in [0.25, 0.3) is 5.97 Å². The molecule has 254 valence electrons. The van der Waals surface area contributed by atoms with Crippen molar-refractivity contribution in [3.63, 3.8) is 0 Å². The lowest BCUT2D eigenvalue weighted by molar-refractivity contribution is -0.447. The van der Waals surface area contributed by atoms with E-state index in [2.05, 4.69) is 0 Å². The van der Waals surface area contributed by atoms with Crippen LogP contribution in [0.5, 0.6) is 0 Å². The van der Waals surface area contributed by atoms with Crippen molar-refractivity contribution in [1.29, 1.82) is 0 Å². The fourth-order valence-corrected chi connectivity index (χ4v) is 11.6. The van der Waals surface area contributed by atoms with E-state index in [9.17, 15) is 24.6 Å². The zero-order valence-electron chi connectivity index (χ0n) is 27.7. The molecular formula is C35H42O12. The van der Waals surface area contributed by atoms with Gasteiger partial charge in [0.05, 0.1) is 19.6 Å². The molecule has 4 aliphatic carbocycles. The average molecular weight is 655 g/mol. The van der Waals surface area contributed by atoms with Gasteiger partial charge in [-0.05, 0) is 50.7 Å². The van der Waals surface area contributed by atoms with Crippen LogP contribution in [0.25, 0.3) is 0 Å². The Morgan fingerprint density at radius 2 is 1.89 bits per heavy atom. The maximum Gasteiger partial charge on any atom is 0.333 e. The summed E-state index contributed by atoms with van der Waals surface area (Å²) in [4.78, 5) is 40.3. The van der Waals surface area contributed by atoms with Crippen molar-refractivity contribution < 1.29 is 57.4 Å². The van der Waals surface area contributed by atoms with E-state index in [4.69, 9.17) is 32.8 Å². The molecule has 47 heavy (non-hydrogen) atoms. The van der Waals surface area contributed by atoms with Crippen LogP contribution in [0.1, 0.15) is 85.3 Å². The molecule has 4 saturated carbocycles.